The molecule has 1 saturated heterocycles. The van der Waals surface area contributed by atoms with Crippen molar-refractivity contribution in [3.05, 3.63) is 107 Å². The zero-order valence-corrected chi connectivity index (χ0v) is 25.2. The number of piperazine rings is 1. The molecule has 0 unspecified atom stereocenters. The summed E-state index contributed by atoms with van der Waals surface area (Å²) < 4.78 is 0. The van der Waals surface area contributed by atoms with E-state index in [4.69, 9.17) is 4.98 Å². The summed E-state index contributed by atoms with van der Waals surface area (Å²) in [6, 6.07) is 26.7. The van der Waals surface area contributed by atoms with Crippen LogP contribution in [0.1, 0.15) is 38.8 Å². The Labute approximate surface area is 255 Å². The number of carbonyl (C=O) groups is 2. The fourth-order valence-electron chi connectivity index (χ4n) is 5.23. The Morgan fingerprint density at radius 2 is 1.53 bits per heavy atom. The molecule has 0 radical (unpaired) electrons. The highest BCUT2D eigenvalue weighted by Crippen LogP contribution is 2.28. The van der Waals surface area contributed by atoms with E-state index in [1.807, 2.05) is 85.8 Å². The van der Waals surface area contributed by atoms with Gasteiger partial charge in [0.2, 0.25) is 0 Å². The second-order valence-corrected chi connectivity index (χ2v) is 11.8. The van der Waals surface area contributed by atoms with Crippen LogP contribution in [-0.2, 0) is 6.54 Å². The van der Waals surface area contributed by atoms with E-state index in [-0.39, 0.29) is 11.8 Å². The molecule has 6 rings (SSSR count). The van der Waals surface area contributed by atoms with E-state index >= 15 is 0 Å². The van der Waals surface area contributed by atoms with Crippen molar-refractivity contribution in [3.8, 4) is 11.3 Å². The first kappa shape index (κ1) is 28.7. The molecule has 0 bridgehead atoms. The Kier molecular flexibility index (Phi) is 8.55. The van der Waals surface area contributed by atoms with Gasteiger partial charge in [-0.15, -0.1) is 0 Å². The van der Waals surface area contributed by atoms with Crippen molar-refractivity contribution in [1.82, 2.24) is 19.8 Å². The van der Waals surface area contributed by atoms with Gasteiger partial charge in [-0.2, -0.15) is 0 Å². The molecule has 3 aromatic carbocycles. The highest BCUT2D eigenvalue weighted by atomic mass is 32.1. The maximum absolute atomic E-state index is 13.0. The van der Waals surface area contributed by atoms with Crippen LogP contribution in [0.5, 0.6) is 0 Å². The topological polar surface area (TPSA) is 90.5 Å². The van der Waals surface area contributed by atoms with Crippen LogP contribution in [0.2, 0.25) is 0 Å². The number of carbonyl (C=O) groups excluding carboxylic acids is 2. The van der Waals surface area contributed by atoms with Crippen LogP contribution >= 0.6 is 11.3 Å². The first-order valence-electron chi connectivity index (χ1n) is 14.5. The third kappa shape index (κ3) is 6.97. The summed E-state index contributed by atoms with van der Waals surface area (Å²) in [4.78, 5) is 40.9. The van der Waals surface area contributed by atoms with Gasteiger partial charge < -0.3 is 10.2 Å². The van der Waals surface area contributed by atoms with Crippen LogP contribution < -0.4 is 10.6 Å². The summed E-state index contributed by atoms with van der Waals surface area (Å²) in [5, 5.41) is 6.38. The van der Waals surface area contributed by atoms with Gasteiger partial charge in [0.15, 0.2) is 5.13 Å². The van der Waals surface area contributed by atoms with Gasteiger partial charge in [-0.25, -0.2) is 9.97 Å². The smallest absolute Gasteiger partial charge is 0.257 e. The minimum atomic E-state index is -0.199. The SMILES string of the molecule is CCN1CCN(Cc2ccc(C(=O)Nc3nc4ccc(-c5cccc(C(=O)Nc6cccc(C)c6)c5)nc4s3)cc2)CC1. The van der Waals surface area contributed by atoms with Crippen molar-refractivity contribution < 1.29 is 9.59 Å². The van der Waals surface area contributed by atoms with E-state index in [2.05, 4.69) is 32.3 Å². The van der Waals surface area contributed by atoms with E-state index in [0.717, 1.165) is 61.8 Å². The van der Waals surface area contributed by atoms with Crippen molar-refractivity contribution in [2.75, 3.05) is 43.4 Å². The molecule has 0 aliphatic carbocycles. The molecule has 3 heterocycles. The number of pyridine rings is 1. The van der Waals surface area contributed by atoms with E-state index in [1.165, 1.54) is 16.9 Å². The highest BCUT2D eigenvalue weighted by molar-refractivity contribution is 7.22. The number of rotatable bonds is 8. The van der Waals surface area contributed by atoms with Crippen LogP contribution in [0.15, 0.2) is 84.9 Å². The zero-order chi connectivity index (χ0) is 29.8. The van der Waals surface area contributed by atoms with Crippen molar-refractivity contribution >= 4 is 44.3 Å². The average molecular weight is 591 g/mol. The molecule has 1 aliphatic rings. The first-order chi connectivity index (χ1) is 20.9. The number of fused-ring (bicyclic) bond motifs is 1. The maximum Gasteiger partial charge on any atom is 0.257 e. The fourth-order valence-corrected chi connectivity index (χ4v) is 6.06. The van der Waals surface area contributed by atoms with Gasteiger partial charge in [-0.1, -0.05) is 54.7 Å². The molecule has 2 amide bonds. The van der Waals surface area contributed by atoms with E-state index < -0.39 is 0 Å². The molecule has 0 atom stereocenters. The third-order valence-corrected chi connectivity index (χ3v) is 8.59. The van der Waals surface area contributed by atoms with Crippen molar-refractivity contribution in [1.29, 1.82) is 0 Å². The summed E-state index contributed by atoms with van der Waals surface area (Å²) in [5.41, 5.74) is 6.43. The fraction of sp³-hybridized carbons (Fsp3) is 0.235. The van der Waals surface area contributed by atoms with Crippen LogP contribution in [0.4, 0.5) is 10.8 Å². The minimum Gasteiger partial charge on any atom is -0.322 e. The Balaban J connectivity index is 1.10. The predicted octanol–water partition coefficient (Wildman–Crippen LogP) is 6.31. The lowest BCUT2D eigenvalue weighted by Crippen LogP contribution is -2.45. The zero-order valence-electron chi connectivity index (χ0n) is 24.3. The number of thiazole rings is 1. The number of hydrogen-bond acceptors (Lipinski definition) is 7. The van der Waals surface area contributed by atoms with Crippen molar-refractivity contribution in [2.45, 2.75) is 20.4 Å². The summed E-state index contributed by atoms with van der Waals surface area (Å²) in [5.74, 6) is -0.381. The summed E-state index contributed by atoms with van der Waals surface area (Å²) in [7, 11) is 0. The van der Waals surface area contributed by atoms with E-state index in [9.17, 15) is 9.59 Å². The molecular weight excluding hydrogens is 556 g/mol. The molecule has 1 fully saturated rings. The largest absolute Gasteiger partial charge is 0.322 e. The van der Waals surface area contributed by atoms with Gasteiger partial charge in [0.25, 0.3) is 11.8 Å². The molecule has 0 spiro atoms. The van der Waals surface area contributed by atoms with Crippen molar-refractivity contribution in [2.24, 2.45) is 0 Å². The minimum absolute atomic E-state index is 0.181. The summed E-state index contributed by atoms with van der Waals surface area (Å²) in [6.45, 7) is 10.5. The average Bonchev–Trinajstić information content (AvgIpc) is 3.43. The lowest BCUT2D eigenvalue weighted by molar-refractivity contribution is 0.101. The van der Waals surface area contributed by atoms with Gasteiger partial charge in [-0.05, 0) is 73.1 Å². The third-order valence-electron chi connectivity index (χ3n) is 7.71. The van der Waals surface area contributed by atoms with E-state index in [0.29, 0.717) is 26.6 Å². The number of benzene rings is 3. The Hall–Kier alpha value is -4.44. The standard InChI is InChI=1S/C34H34N6O2S/c1-3-39-16-18-40(19-17-39)22-24-10-12-25(13-11-24)31(41)38-34-37-30-15-14-29(36-33(30)43-34)26-7-5-8-27(21-26)32(42)35-28-9-4-6-23(2)20-28/h4-15,20-21H,3,16-19,22H2,1-2H3,(H,35,42)(H,37,38,41). The normalized spacial score (nSPS) is 14.1. The first-order valence-corrected chi connectivity index (χ1v) is 15.4. The lowest BCUT2D eigenvalue weighted by atomic mass is 10.1. The molecule has 2 aromatic heterocycles. The van der Waals surface area contributed by atoms with Crippen LogP contribution in [0.25, 0.3) is 21.6 Å². The van der Waals surface area contributed by atoms with Gasteiger partial charge in [-0.3, -0.25) is 19.8 Å². The lowest BCUT2D eigenvalue weighted by Gasteiger charge is -2.34. The molecule has 5 aromatic rings. The molecule has 43 heavy (non-hydrogen) atoms. The second-order valence-electron chi connectivity index (χ2n) is 10.8. The Morgan fingerprint density at radius 1 is 0.791 bits per heavy atom. The predicted molar refractivity (Wildman–Crippen MR) is 174 cm³/mol. The van der Waals surface area contributed by atoms with Crippen LogP contribution in [0, 0.1) is 6.92 Å². The molecule has 2 N–H and O–H groups in total. The molecule has 9 heteroatoms. The number of likely N-dealkylation sites (N-methyl/N-ethyl adjacent to an activating group) is 1. The number of nitrogens with zero attached hydrogens (tertiary/aromatic N) is 4. The summed E-state index contributed by atoms with van der Waals surface area (Å²) in [6.07, 6.45) is 0. The van der Waals surface area contributed by atoms with Gasteiger partial charge in [0.1, 0.15) is 10.3 Å². The van der Waals surface area contributed by atoms with Gasteiger partial charge in [0.05, 0.1) is 5.69 Å². The second kappa shape index (κ2) is 12.8. The number of amides is 2. The van der Waals surface area contributed by atoms with Gasteiger partial charge in [0, 0.05) is 55.1 Å². The number of aryl methyl sites for hydroxylation is 1. The molecule has 1 aliphatic heterocycles. The summed E-state index contributed by atoms with van der Waals surface area (Å²) >= 11 is 1.33. The molecule has 8 nitrogen and oxygen atoms in total. The molecular formula is C34H34N6O2S. The number of aromatic nitrogens is 2. The van der Waals surface area contributed by atoms with Crippen LogP contribution in [0.3, 0.4) is 0 Å². The molecule has 218 valence electrons. The number of anilines is 2. The number of nitrogens with one attached hydrogen (secondary N) is 2. The van der Waals surface area contributed by atoms with Crippen molar-refractivity contribution in [3.63, 3.8) is 0 Å². The quantitative estimate of drug-likeness (QED) is 0.220. The Morgan fingerprint density at radius 3 is 2.30 bits per heavy atom. The number of hydrogen-bond donors (Lipinski definition) is 2. The van der Waals surface area contributed by atoms with E-state index in [1.54, 1.807) is 6.07 Å². The monoisotopic (exact) mass is 590 g/mol. The highest BCUT2D eigenvalue weighted by Gasteiger charge is 2.17. The Bertz CT molecular complexity index is 1760. The maximum atomic E-state index is 13.0. The van der Waals surface area contributed by atoms with Gasteiger partial charge >= 0.3 is 0 Å². The molecule has 0 saturated carbocycles. The van der Waals surface area contributed by atoms with Crippen LogP contribution in [-0.4, -0.2) is 64.3 Å².